The smallest absolute Gasteiger partial charge is 0.220 e. The molecule has 0 atom stereocenters. The molecular formula is C13H28N2O. The first-order chi connectivity index (χ1) is 7.81. The zero-order chi connectivity index (χ0) is 12.1. The quantitative estimate of drug-likeness (QED) is 0.533. The van der Waals surface area contributed by atoms with E-state index in [9.17, 15) is 4.79 Å². The highest BCUT2D eigenvalue weighted by Gasteiger charge is 1.99. The molecule has 0 rings (SSSR count). The molecule has 2 N–H and O–H groups in total. The van der Waals surface area contributed by atoms with Gasteiger partial charge in [0.1, 0.15) is 0 Å². The molecule has 0 spiro atoms. The summed E-state index contributed by atoms with van der Waals surface area (Å²) in [6, 6.07) is 0. The maximum Gasteiger partial charge on any atom is 0.220 e. The van der Waals surface area contributed by atoms with E-state index in [1.165, 1.54) is 38.5 Å². The van der Waals surface area contributed by atoms with Crippen LogP contribution in [0.5, 0.6) is 0 Å². The summed E-state index contributed by atoms with van der Waals surface area (Å²) < 4.78 is 0. The van der Waals surface area contributed by atoms with Crippen LogP contribution in [0.4, 0.5) is 0 Å². The van der Waals surface area contributed by atoms with E-state index in [0.717, 1.165) is 19.5 Å². The van der Waals surface area contributed by atoms with E-state index in [1.54, 1.807) is 0 Å². The van der Waals surface area contributed by atoms with Crippen molar-refractivity contribution < 1.29 is 4.79 Å². The SMILES string of the molecule is CCCCCCCCCC(=O)NCCNC. The Morgan fingerprint density at radius 2 is 1.56 bits per heavy atom. The van der Waals surface area contributed by atoms with E-state index >= 15 is 0 Å². The summed E-state index contributed by atoms with van der Waals surface area (Å²) in [6.07, 6.45) is 9.54. The molecule has 0 aromatic rings. The van der Waals surface area contributed by atoms with Gasteiger partial charge in [0, 0.05) is 19.5 Å². The highest BCUT2D eigenvalue weighted by Crippen LogP contribution is 2.07. The lowest BCUT2D eigenvalue weighted by Gasteiger charge is -2.04. The largest absolute Gasteiger partial charge is 0.355 e. The summed E-state index contributed by atoms with van der Waals surface area (Å²) in [5.74, 6) is 0.198. The molecule has 0 bridgehead atoms. The summed E-state index contributed by atoms with van der Waals surface area (Å²) in [7, 11) is 1.89. The number of likely N-dealkylation sites (N-methyl/N-ethyl adjacent to an activating group) is 1. The van der Waals surface area contributed by atoms with Crippen molar-refractivity contribution in [3.63, 3.8) is 0 Å². The van der Waals surface area contributed by atoms with Crippen molar-refractivity contribution in [2.24, 2.45) is 0 Å². The Kier molecular flexibility index (Phi) is 12.1. The number of carbonyl (C=O) groups excluding carboxylic acids is 1. The number of unbranched alkanes of at least 4 members (excludes halogenated alkanes) is 6. The molecule has 0 aromatic heterocycles. The first kappa shape index (κ1) is 15.4. The molecule has 0 saturated heterocycles. The molecule has 0 heterocycles. The minimum atomic E-state index is 0.198. The first-order valence-electron chi connectivity index (χ1n) is 6.72. The molecule has 0 fully saturated rings. The van der Waals surface area contributed by atoms with Gasteiger partial charge in [-0.3, -0.25) is 4.79 Å². The van der Waals surface area contributed by atoms with Gasteiger partial charge in [0.25, 0.3) is 0 Å². The topological polar surface area (TPSA) is 41.1 Å². The van der Waals surface area contributed by atoms with Gasteiger partial charge < -0.3 is 10.6 Å². The van der Waals surface area contributed by atoms with E-state index in [2.05, 4.69) is 17.6 Å². The van der Waals surface area contributed by atoms with Crippen molar-refractivity contribution in [3.05, 3.63) is 0 Å². The van der Waals surface area contributed by atoms with Crippen molar-refractivity contribution in [2.45, 2.75) is 58.3 Å². The lowest BCUT2D eigenvalue weighted by atomic mass is 10.1. The van der Waals surface area contributed by atoms with Crippen LogP contribution in [-0.4, -0.2) is 26.0 Å². The molecular weight excluding hydrogens is 200 g/mol. The molecule has 3 nitrogen and oxygen atoms in total. The fourth-order valence-electron chi connectivity index (χ4n) is 1.66. The van der Waals surface area contributed by atoms with E-state index in [4.69, 9.17) is 0 Å². The average Bonchev–Trinajstić information content (AvgIpc) is 2.28. The van der Waals surface area contributed by atoms with Crippen molar-refractivity contribution >= 4 is 5.91 Å². The first-order valence-corrected chi connectivity index (χ1v) is 6.72. The van der Waals surface area contributed by atoms with Gasteiger partial charge in [-0.05, 0) is 13.5 Å². The molecule has 0 unspecified atom stereocenters. The summed E-state index contributed by atoms with van der Waals surface area (Å²) in [4.78, 5) is 11.3. The molecule has 0 aromatic carbocycles. The number of hydrogen-bond donors (Lipinski definition) is 2. The van der Waals surface area contributed by atoms with E-state index in [0.29, 0.717) is 6.42 Å². The lowest BCUT2D eigenvalue weighted by molar-refractivity contribution is -0.121. The van der Waals surface area contributed by atoms with E-state index in [1.807, 2.05) is 7.05 Å². The lowest BCUT2D eigenvalue weighted by Crippen LogP contribution is -2.30. The third kappa shape index (κ3) is 11.5. The zero-order valence-electron chi connectivity index (χ0n) is 11.0. The third-order valence-electron chi connectivity index (χ3n) is 2.70. The van der Waals surface area contributed by atoms with Crippen LogP contribution in [0.15, 0.2) is 0 Å². The molecule has 3 heteroatoms. The summed E-state index contributed by atoms with van der Waals surface area (Å²) >= 11 is 0. The van der Waals surface area contributed by atoms with Gasteiger partial charge in [-0.2, -0.15) is 0 Å². The molecule has 0 aliphatic heterocycles. The Morgan fingerprint density at radius 1 is 0.938 bits per heavy atom. The minimum absolute atomic E-state index is 0.198. The Morgan fingerprint density at radius 3 is 2.19 bits per heavy atom. The van der Waals surface area contributed by atoms with Crippen molar-refractivity contribution in [1.29, 1.82) is 0 Å². The van der Waals surface area contributed by atoms with Gasteiger partial charge in [-0.15, -0.1) is 0 Å². The maximum atomic E-state index is 11.3. The van der Waals surface area contributed by atoms with Crippen molar-refractivity contribution in [3.8, 4) is 0 Å². The number of rotatable bonds is 11. The third-order valence-corrected chi connectivity index (χ3v) is 2.70. The summed E-state index contributed by atoms with van der Waals surface area (Å²) in [6.45, 7) is 3.82. The van der Waals surface area contributed by atoms with Crippen molar-refractivity contribution in [1.82, 2.24) is 10.6 Å². The van der Waals surface area contributed by atoms with Gasteiger partial charge >= 0.3 is 0 Å². The van der Waals surface area contributed by atoms with Crippen LogP contribution in [0.2, 0.25) is 0 Å². The minimum Gasteiger partial charge on any atom is -0.355 e. The Bertz CT molecular complexity index is 160. The maximum absolute atomic E-state index is 11.3. The van der Waals surface area contributed by atoms with Crippen LogP contribution < -0.4 is 10.6 Å². The number of amides is 1. The van der Waals surface area contributed by atoms with Crippen LogP contribution in [0, 0.1) is 0 Å². The second-order valence-corrected chi connectivity index (χ2v) is 4.32. The van der Waals surface area contributed by atoms with Crippen LogP contribution in [0.1, 0.15) is 58.3 Å². The summed E-state index contributed by atoms with van der Waals surface area (Å²) in [5.41, 5.74) is 0. The van der Waals surface area contributed by atoms with Crippen LogP contribution >= 0.6 is 0 Å². The average molecular weight is 228 g/mol. The number of carbonyl (C=O) groups is 1. The number of nitrogens with one attached hydrogen (secondary N) is 2. The second kappa shape index (κ2) is 12.5. The normalized spacial score (nSPS) is 10.4. The van der Waals surface area contributed by atoms with Crippen LogP contribution in [0.3, 0.4) is 0 Å². The molecule has 96 valence electrons. The summed E-state index contributed by atoms with van der Waals surface area (Å²) in [5, 5.41) is 5.90. The molecule has 0 radical (unpaired) electrons. The Balaban J connectivity index is 3.09. The number of hydrogen-bond acceptors (Lipinski definition) is 2. The Hall–Kier alpha value is -0.570. The predicted octanol–water partition coefficient (Wildman–Crippen LogP) is 2.46. The van der Waals surface area contributed by atoms with Gasteiger partial charge in [0.05, 0.1) is 0 Å². The van der Waals surface area contributed by atoms with Gasteiger partial charge in [-0.25, -0.2) is 0 Å². The van der Waals surface area contributed by atoms with Crippen LogP contribution in [-0.2, 0) is 4.79 Å². The molecule has 1 amide bonds. The fraction of sp³-hybridized carbons (Fsp3) is 0.923. The monoisotopic (exact) mass is 228 g/mol. The molecule has 0 aliphatic rings. The van der Waals surface area contributed by atoms with Gasteiger partial charge in [0.2, 0.25) is 5.91 Å². The standard InChI is InChI=1S/C13H28N2O/c1-3-4-5-6-7-8-9-10-13(16)15-12-11-14-2/h14H,3-12H2,1-2H3,(H,15,16). The van der Waals surface area contributed by atoms with Gasteiger partial charge in [0.15, 0.2) is 0 Å². The molecule has 16 heavy (non-hydrogen) atoms. The van der Waals surface area contributed by atoms with E-state index < -0.39 is 0 Å². The van der Waals surface area contributed by atoms with E-state index in [-0.39, 0.29) is 5.91 Å². The molecule has 0 aliphatic carbocycles. The van der Waals surface area contributed by atoms with Crippen LogP contribution in [0.25, 0.3) is 0 Å². The fourth-order valence-corrected chi connectivity index (χ4v) is 1.66. The predicted molar refractivity (Wildman–Crippen MR) is 69.5 cm³/mol. The highest BCUT2D eigenvalue weighted by molar-refractivity contribution is 5.75. The van der Waals surface area contributed by atoms with Gasteiger partial charge in [-0.1, -0.05) is 45.4 Å². The highest BCUT2D eigenvalue weighted by atomic mass is 16.1. The second-order valence-electron chi connectivity index (χ2n) is 4.32. The molecule has 0 saturated carbocycles. The van der Waals surface area contributed by atoms with Crippen molar-refractivity contribution in [2.75, 3.05) is 20.1 Å². The Labute approximate surface area is 100 Å². The zero-order valence-corrected chi connectivity index (χ0v) is 11.0.